The van der Waals surface area contributed by atoms with Crippen molar-refractivity contribution in [3.05, 3.63) is 113 Å². The second-order valence-corrected chi connectivity index (χ2v) is 9.97. The van der Waals surface area contributed by atoms with Gasteiger partial charge in [0.05, 0.1) is 19.0 Å². The molecule has 1 N–H and O–H groups in total. The number of halogens is 1. The first-order valence-corrected chi connectivity index (χ1v) is 13.4. The van der Waals surface area contributed by atoms with Crippen LogP contribution in [-0.2, 0) is 6.54 Å². The van der Waals surface area contributed by atoms with Gasteiger partial charge in [-0.15, -0.1) is 0 Å². The minimum atomic E-state index is -0.271. The van der Waals surface area contributed by atoms with Crippen LogP contribution in [0.15, 0.2) is 84.0 Å². The lowest BCUT2D eigenvalue weighted by Gasteiger charge is -2.36. The molecule has 0 bridgehead atoms. The molecular formula is C32H34FN5O2. The fraction of sp³-hybridized carbons (Fsp3) is 0.250. The molecule has 0 saturated carbocycles. The lowest BCUT2D eigenvalue weighted by molar-refractivity contribution is 0.0955. The highest BCUT2D eigenvalue weighted by molar-refractivity contribution is 5.95. The van der Waals surface area contributed by atoms with E-state index in [4.69, 9.17) is 4.74 Å². The third-order valence-electron chi connectivity index (χ3n) is 7.35. The summed E-state index contributed by atoms with van der Waals surface area (Å²) in [5, 5.41) is 4.18. The number of aromatic nitrogens is 1. The highest BCUT2D eigenvalue weighted by Crippen LogP contribution is 2.28. The highest BCUT2D eigenvalue weighted by Gasteiger charge is 2.19. The van der Waals surface area contributed by atoms with E-state index in [0.717, 1.165) is 66.8 Å². The van der Waals surface area contributed by atoms with E-state index in [2.05, 4.69) is 26.4 Å². The third kappa shape index (κ3) is 6.07. The summed E-state index contributed by atoms with van der Waals surface area (Å²) in [6.07, 6.45) is 1.64. The molecule has 40 heavy (non-hydrogen) atoms. The minimum Gasteiger partial charge on any atom is -0.495 e. The van der Waals surface area contributed by atoms with Crippen molar-refractivity contribution in [1.29, 1.82) is 0 Å². The molecule has 1 saturated heterocycles. The Morgan fingerprint density at radius 1 is 0.975 bits per heavy atom. The molecular weight excluding hydrogens is 505 g/mol. The van der Waals surface area contributed by atoms with Gasteiger partial charge in [0.2, 0.25) is 0 Å². The lowest BCUT2D eigenvalue weighted by Crippen LogP contribution is -2.46. The van der Waals surface area contributed by atoms with E-state index in [1.54, 1.807) is 25.5 Å². The Kier molecular flexibility index (Phi) is 8.26. The Labute approximate surface area is 234 Å². The van der Waals surface area contributed by atoms with Gasteiger partial charge in [-0.05, 0) is 74.0 Å². The normalized spacial score (nSPS) is 14.1. The Bertz CT molecular complexity index is 1490. The Morgan fingerprint density at radius 2 is 1.68 bits per heavy atom. The van der Waals surface area contributed by atoms with Gasteiger partial charge in [-0.2, -0.15) is 5.10 Å². The fourth-order valence-electron chi connectivity index (χ4n) is 5.19. The number of benzene rings is 3. The topological polar surface area (TPSA) is 62.1 Å². The first kappa shape index (κ1) is 27.1. The summed E-state index contributed by atoms with van der Waals surface area (Å²) in [4.78, 5) is 17.5. The van der Waals surface area contributed by atoms with Gasteiger partial charge in [-0.1, -0.05) is 24.3 Å². The third-order valence-corrected chi connectivity index (χ3v) is 7.35. The number of hydrogen-bond donors (Lipinski definition) is 1. The van der Waals surface area contributed by atoms with Crippen molar-refractivity contribution in [3.8, 4) is 11.4 Å². The van der Waals surface area contributed by atoms with Crippen LogP contribution in [0.2, 0.25) is 0 Å². The monoisotopic (exact) mass is 539 g/mol. The number of rotatable bonds is 8. The predicted molar refractivity (Wildman–Crippen MR) is 157 cm³/mol. The molecule has 4 aromatic rings. The van der Waals surface area contributed by atoms with E-state index in [-0.39, 0.29) is 11.7 Å². The molecule has 1 aromatic heterocycles. The largest absolute Gasteiger partial charge is 0.495 e. The maximum atomic E-state index is 13.3. The van der Waals surface area contributed by atoms with Crippen molar-refractivity contribution < 1.29 is 13.9 Å². The quantitative estimate of drug-likeness (QED) is 0.243. The van der Waals surface area contributed by atoms with E-state index in [1.165, 1.54) is 17.7 Å². The van der Waals surface area contributed by atoms with Crippen molar-refractivity contribution in [1.82, 2.24) is 14.9 Å². The average Bonchev–Trinajstić information content (AvgIpc) is 3.26. The van der Waals surface area contributed by atoms with Crippen LogP contribution in [0.3, 0.4) is 0 Å². The van der Waals surface area contributed by atoms with Gasteiger partial charge in [-0.25, -0.2) is 9.82 Å². The van der Waals surface area contributed by atoms with Crippen molar-refractivity contribution in [3.63, 3.8) is 0 Å². The summed E-state index contributed by atoms with van der Waals surface area (Å²) in [6.45, 7) is 8.57. The van der Waals surface area contributed by atoms with E-state index in [1.807, 2.05) is 66.9 Å². The first-order valence-electron chi connectivity index (χ1n) is 13.4. The van der Waals surface area contributed by atoms with Crippen LogP contribution in [0, 0.1) is 19.7 Å². The van der Waals surface area contributed by atoms with Gasteiger partial charge in [0, 0.05) is 60.9 Å². The van der Waals surface area contributed by atoms with Crippen LogP contribution in [0.1, 0.15) is 32.9 Å². The van der Waals surface area contributed by atoms with Gasteiger partial charge in [0.15, 0.2) is 0 Å². The van der Waals surface area contributed by atoms with Gasteiger partial charge in [0.25, 0.3) is 5.91 Å². The number of nitrogens with one attached hydrogen (secondary N) is 1. The zero-order valence-corrected chi connectivity index (χ0v) is 23.1. The molecule has 0 aliphatic carbocycles. The number of methoxy groups -OCH3 is 1. The Hall–Kier alpha value is -4.43. The number of para-hydroxylation sites is 2. The zero-order valence-electron chi connectivity index (χ0n) is 23.1. The van der Waals surface area contributed by atoms with E-state index >= 15 is 0 Å². The van der Waals surface area contributed by atoms with Crippen molar-refractivity contribution in [2.75, 3.05) is 38.2 Å². The van der Waals surface area contributed by atoms with Gasteiger partial charge in [-0.3, -0.25) is 9.69 Å². The summed E-state index contributed by atoms with van der Waals surface area (Å²) in [7, 11) is 1.71. The summed E-state index contributed by atoms with van der Waals surface area (Å²) in [5.41, 5.74) is 9.18. The lowest BCUT2D eigenvalue weighted by atomic mass is 10.1. The number of anilines is 1. The Balaban J connectivity index is 1.14. The number of nitrogens with zero attached hydrogens (tertiary/aromatic N) is 4. The van der Waals surface area contributed by atoms with Crippen LogP contribution in [0.5, 0.6) is 5.75 Å². The number of carbonyl (C=O) groups is 1. The Morgan fingerprint density at radius 3 is 2.38 bits per heavy atom. The van der Waals surface area contributed by atoms with Crippen molar-refractivity contribution in [2.24, 2.45) is 5.10 Å². The standard InChI is InChI=1S/C32H34FN5O2/c1-23-20-27(24(2)38(23)29-14-12-28(33)13-15-29)21-34-35-32(39)26-10-8-25(9-11-26)22-36-16-18-37(19-17-36)30-6-4-5-7-31(30)40-3/h4-15,20-21H,16-19,22H2,1-3H3,(H,35,39)/b34-21+. The maximum Gasteiger partial charge on any atom is 0.271 e. The van der Waals surface area contributed by atoms with Crippen LogP contribution in [0.25, 0.3) is 5.69 Å². The first-order chi connectivity index (χ1) is 19.4. The van der Waals surface area contributed by atoms with Crippen LogP contribution in [-0.4, -0.2) is 54.9 Å². The molecule has 5 rings (SSSR count). The summed E-state index contributed by atoms with van der Waals surface area (Å²) in [5.74, 6) is 0.371. The number of ether oxygens (including phenoxy) is 1. The number of carbonyl (C=O) groups excluding carboxylic acids is 1. The van der Waals surface area contributed by atoms with Crippen molar-refractivity contribution >= 4 is 17.8 Å². The van der Waals surface area contributed by atoms with E-state index in [9.17, 15) is 9.18 Å². The fourth-order valence-corrected chi connectivity index (χ4v) is 5.19. The number of aryl methyl sites for hydroxylation is 1. The molecule has 3 aromatic carbocycles. The predicted octanol–water partition coefficient (Wildman–Crippen LogP) is 5.33. The zero-order chi connectivity index (χ0) is 28.1. The van der Waals surface area contributed by atoms with E-state index < -0.39 is 0 Å². The molecule has 0 atom stereocenters. The highest BCUT2D eigenvalue weighted by atomic mass is 19.1. The molecule has 1 aliphatic heterocycles. The summed E-state index contributed by atoms with van der Waals surface area (Å²) < 4.78 is 20.9. The molecule has 1 fully saturated rings. The molecule has 1 amide bonds. The van der Waals surface area contributed by atoms with Gasteiger partial charge >= 0.3 is 0 Å². The van der Waals surface area contributed by atoms with Crippen LogP contribution < -0.4 is 15.1 Å². The second kappa shape index (κ2) is 12.2. The summed E-state index contributed by atoms with van der Waals surface area (Å²) >= 11 is 0. The SMILES string of the molecule is COc1ccccc1N1CCN(Cc2ccc(C(=O)N/N=C/c3cc(C)n(-c4ccc(F)cc4)c3C)cc2)CC1. The number of piperazine rings is 1. The van der Waals surface area contributed by atoms with Crippen LogP contribution in [0.4, 0.5) is 10.1 Å². The number of hydrazone groups is 1. The molecule has 7 nitrogen and oxygen atoms in total. The molecule has 0 unspecified atom stereocenters. The van der Waals surface area contributed by atoms with Crippen LogP contribution >= 0.6 is 0 Å². The molecule has 1 aliphatic rings. The molecule has 0 spiro atoms. The second-order valence-electron chi connectivity index (χ2n) is 9.97. The minimum absolute atomic E-state index is 0.263. The average molecular weight is 540 g/mol. The van der Waals surface area contributed by atoms with Gasteiger partial charge in [0.1, 0.15) is 11.6 Å². The maximum absolute atomic E-state index is 13.3. The summed E-state index contributed by atoms with van der Waals surface area (Å²) in [6, 6.07) is 24.2. The van der Waals surface area contributed by atoms with E-state index in [0.29, 0.717) is 5.56 Å². The van der Waals surface area contributed by atoms with Crippen molar-refractivity contribution in [2.45, 2.75) is 20.4 Å². The number of hydrogen-bond acceptors (Lipinski definition) is 5. The molecule has 2 heterocycles. The molecule has 8 heteroatoms. The molecule has 0 radical (unpaired) electrons. The number of amides is 1. The van der Waals surface area contributed by atoms with Gasteiger partial charge < -0.3 is 14.2 Å². The molecule has 206 valence electrons. The smallest absolute Gasteiger partial charge is 0.271 e.